The van der Waals surface area contributed by atoms with Crippen LogP contribution in [0.15, 0.2) is 29.3 Å². The monoisotopic (exact) mass is 431 g/mol. The molecule has 2 aromatic heterocycles. The van der Waals surface area contributed by atoms with E-state index in [2.05, 4.69) is 25.2 Å². The molecule has 1 saturated heterocycles. The lowest BCUT2D eigenvalue weighted by molar-refractivity contribution is 0.261. The predicted molar refractivity (Wildman–Crippen MR) is 112 cm³/mol. The molecular weight excluding hydrogens is 406 g/mol. The number of rotatable bonds is 6. The summed E-state index contributed by atoms with van der Waals surface area (Å²) in [5.41, 5.74) is 2.33. The molecule has 3 aromatic rings. The van der Waals surface area contributed by atoms with Gasteiger partial charge in [-0.1, -0.05) is 6.07 Å². The molecule has 1 saturated carbocycles. The Balaban J connectivity index is 1.36. The van der Waals surface area contributed by atoms with Gasteiger partial charge in [0.2, 0.25) is 10.0 Å². The van der Waals surface area contributed by atoms with Crippen molar-refractivity contribution in [3.05, 3.63) is 35.9 Å². The second-order valence-corrected chi connectivity index (χ2v) is 10.8. The van der Waals surface area contributed by atoms with Gasteiger partial charge in [0.05, 0.1) is 11.7 Å². The van der Waals surface area contributed by atoms with Gasteiger partial charge in [-0.25, -0.2) is 13.4 Å². The Morgan fingerprint density at radius 3 is 2.86 bits per heavy atom. The number of hydrogen-bond donors (Lipinski definition) is 0. The Morgan fingerprint density at radius 1 is 1.17 bits per heavy atom. The normalized spacial score (nSPS) is 21.1. The Bertz CT molecular complexity index is 1130. The summed E-state index contributed by atoms with van der Waals surface area (Å²) in [5, 5.41) is 0. The minimum atomic E-state index is -3.59. The van der Waals surface area contributed by atoms with Crippen molar-refractivity contribution in [1.82, 2.24) is 22.6 Å². The average molecular weight is 432 g/mol. The number of fused-ring (bicyclic) bond motifs is 1. The first kappa shape index (κ1) is 19.1. The van der Waals surface area contributed by atoms with Crippen LogP contribution in [0.3, 0.4) is 0 Å². The molecule has 3 heterocycles. The molecule has 0 amide bonds. The summed E-state index contributed by atoms with van der Waals surface area (Å²) in [7, 11) is -3.59. The molecule has 0 radical (unpaired) electrons. The first-order chi connectivity index (χ1) is 14.0. The van der Waals surface area contributed by atoms with E-state index >= 15 is 0 Å². The Kier molecular flexibility index (Phi) is 4.92. The lowest BCUT2D eigenvalue weighted by Gasteiger charge is -2.32. The maximum absolute atomic E-state index is 13.4. The molecule has 2 fully saturated rings. The molecule has 1 aliphatic heterocycles. The zero-order valence-corrected chi connectivity index (χ0v) is 18.1. The Labute approximate surface area is 175 Å². The van der Waals surface area contributed by atoms with Gasteiger partial charge in [-0.05, 0) is 56.6 Å². The first-order valence-corrected chi connectivity index (χ1v) is 12.4. The van der Waals surface area contributed by atoms with Crippen molar-refractivity contribution in [1.29, 1.82) is 0 Å². The van der Waals surface area contributed by atoms with Crippen LogP contribution in [0, 0.1) is 18.8 Å². The fraction of sp³-hybridized carbons (Fsp3) is 0.550. The second kappa shape index (κ2) is 7.45. The van der Waals surface area contributed by atoms with Gasteiger partial charge in [-0.15, -0.1) is 0 Å². The lowest BCUT2D eigenvalue weighted by atomic mass is 9.96. The van der Waals surface area contributed by atoms with E-state index in [-0.39, 0.29) is 10.8 Å². The van der Waals surface area contributed by atoms with Gasteiger partial charge in [0.15, 0.2) is 0 Å². The maximum Gasteiger partial charge on any atom is 0.245 e. The van der Waals surface area contributed by atoms with E-state index in [1.165, 1.54) is 18.5 Å². The Morgan fingerprint density at radius 2 is 2.03 bits per heavy atom. The van der Waals surface area contributed by atoms with E-state index in [0.717, 1.165) is 49.3 Å². The van der Waals surface area contributed by atoms with Crippen LogP contribution in [-0.2, 0) is 23.0 Å². The highest BCUT2D eigenvalue weighted by Crippen LogP contribution is 2.33. The molecule has 9 heteroatoms. The number of aromatic nitrogens is 4. The molecule has 1 aliphatic carbocycles. The summed E-state index contributed by atoms with van der Waals surface area (Å²) >= 11 is 1.05. The maximum atomic E-state index is 13.4. The highest BCUT2D eigenvalue weighted by molar-refractivity contribution is 7.89. The fourth-order valence-corrected chi connectivity index (χ4v) is 6.59. The third kappa shape index (κ3) is 3.71. The molecular formula is C20H25N5O2S2. The van der Waals surface area contributed by atoms with Crippen LogP contribution < -0.4 is 0 Å². The standard InChI is InChI=1S/C20H25N5O2S2/c1-14-11-21-19(25(14)13-15-7-8-15)10-16-4-3-9-24(12-16)29(26,27)18-6-2-5-17-20(18)23-28-22-17/h2,5-6,11,15-16H,3-4,7-10,12-13H2,1H3. The van der Waals surface area contributed by atoms with E-state index in [9.17, 15) is 8.42 Å². The molecule has 0 spiro atoms. The quantitative estimate of drug-likeness (QED) is 0.598. The zero-order valence-electron chi connectivity index (χ0n) is 16.5. The molecule has 1 atom stereocenters. The highest BCUT2D eigenvalue weighted by Gasteiger charge is 2.33. The largest absolute Gasteiger partial charge is 0.332 e. The molecule has 0 bridgehead atoms. The number of benzene rings is 1. The van der Waals surface area contributed by atoms with Crippen molar-refractivity contribution in [2.75, 3.05) is 13.1 Å². The van der Waals surface area contributed by atoms with Gasteiger partial charge in [0.1, 0.15) is 21.8 Å². The van der Waals surface area contributed by atoms with E-state index in [1.807, 2.05) is 6.20 Å². The fourth-order valence-electron chi connectivity index (χ4n) is 4.28. The van der Waals surface area contributed by atoms with Crippen LogP contribution in [0.4, 0.5) is 0 Å². The molecule has 1 aromatic carbocycles. The van der Waals surface area contributed by atoms with Crippen LogP contribution in [0.2, 0.25) is 0 Å². The molecule has 0 N–H and O–H groups in total. The summed E-state index contributed by atoms with van der Waals surface area (Å²) in [6.45, 7) is 4.25. The van der Waals surface area contributed by atoms with E-state index in [4.69, 9.17) is 0 Å². The molecule has 5 rings (SSSR count). The Hall–Kier alpha value is -1.84. The number of imidazole rings is 1. The summed E-state index contributed by atoms with van der Waals surface area (Å²) in [5.74, 6) is 2.17. The smallest absolute Gasteiger partial charge is 0.245 e. The number of hydrogen-bond acceptors (Lipinski definition) is 6. The van der Waals surface area contributed by atoms with Gasteiger partial charge in [0, 0.05) is 37.9 Å². The van der Waals surface area contributed by atoms with Crippen molar-refractivity contribution < 1.29 is 8.42 Å². The topological polar surface area (TPSA) is 81.0 Å². The van der Waals surface area contributed by atoms with Gasteiger partial charge >= 0.3 is 0 Å². The minimum Gasteiger partial charge on any atom is -0.332 e. The summed E-state index contributed by atoms with van der Waals surface area (Å²) in [6, 6.07) is 5.20. The SMILES string of the molecule is Cc1cnc(CC2CCCN(S(=O)(=O)c3cccc4nsnc34)C2)n1CC1CC1. The van der Waals surface area contributed by atoms with Gasteiger partial charge in [-0.2, -0.15) is 13.1 Å². The van der Waals surface area contributed by atoms with E-state index in [1.54, 1.807) is 22.5 Å². The van der Waals surface area contributed by atoms with E-state index < -0.39 is 10.0 Å². The third-order valence-corrected chi connectivity index (χ3v) is 8.53. The van der Waals surface area contributed by atoms with Crippen molar-refractivity contribution in [3.63, 3.8) is 0 Å². The van der Waals surface area contributed by atoms with Crippen LogP contribution in [0.25, 0.3) is 11.0 Å². The van der Waals surface area contributed by atoms with Crippen LogP contribution in [0.1, 0.15) is 37.2 Å². The molecule has 7 nitrogen and oxygen atoms in total. The third-order valence-electron chi connectivity index (χ3n) is 6.10. The number of aryl methyl sites for hydroxylation is 1. The highest BCUT2D eigenvalue weighted by atomic mass is 32.2. The van der Waals surface area contributed by atoms with Gasteiger partial charge in [0.25, 0.3) is 0 Å². The van der Waals surface area contributed by atoms with Crippen LogP contribution in [-0.4, -0.2) is 44.1 Å². The molecule has 154 valence electrons. The predicted octanol–water partition coefficient (Wildman–Crippen LogP) is 3.25. The number of piperidine rings is 1. The molecule has 2 aliphatic rings. The molecule has 29 heavy (non-hydrogen) atoms. The van der Waals surface area contributed by atoms with Crippen molar-refractivity contribution in [3.8, 4) is 0 Å². The zero-order chi connectivity index (χ0) is 20.0. The average Bonchev–Trinajstić information content (AvgIpc) is 3.30. The minimum absolute atomic E-state index is 0.274. The van der Waals surface area contributed by atoms with Crippen molar-refractivity contribution >= 4 is 32.8 Å². The van der Waals surface area contributed by atoms with Gasteiger partial charge in [-0.3, -0.25) is 0 Å². The van der Waals surface area contributed by atoms with Crippen LogP contribution in [0.5, 0.6) is 0 Å². The van der Waals surface area contributed by atoms with Gasteiger partial charge < -0.3 is 4.57 Å². The first-order valence-electron chi connectivity index (χ1n) is 10.2. The summed E-state index contributed by atoms with van der Waals surface area (Å²) in [6.07, 6.45) is 7.30. The van der Waals surface area contributed by atoms with Crippen molar-refractivity contribution in [2.24, 2.45) is 11.8 Å². The van der Waals surface area contributed by atoms with E-state index in [0.29, 0.717) is 24.1 Å². The van der Waals surface area contributed by atoms with Crippen LogP contribution >= 0.6 is 11.7 Å². The number of nitrogens with zero attached hydrogens (tertiary/aromatic N) is 5. The summed E-state index contributed by atoms with van der Waals surface area (Å²) in [4.78, 5) is 4.92. The lowest BCUT2D eigenvalue weighted by Crippen LogP contribution is -2.40. The summed E-state index contributed by atoms with van der Waals surface area (Å²) < 4.78 is 39.1. The van der Waals surface area contributed by atoms with Crippen molar-refractivity contribution in [2.45, 2.75) is 50.5 Å². The second-order valence-electron chi connectivity index (χ2n) is 8.33. The molecule has 1 unspecified atom stereocenters. The number of sulfonamides is 1.